The van der Waals surface area contributed by atoms with Crippen molar-refractivity contribution in [3.8, 4) is 0 Å². The molecule has 0 saturated heterocycles. The Hall–Kier alpha value is -1.57. The lowest BCUT2D eigenvalue weighted by Gasteiger charge is -2.00. The van der Waals surface area contributed by atoms with Gasteiger partial charge in [0.2, 0.25) is 0 Å². The van der Waals surface area contributed by atoms with Crippen molar-refractivity contribution >= 4 is 5.97 Å². The zero-order valence-electron chi connectivity index (χ0n) is 7.54. The number of rotatable bonds is 3. The van der Waals surface area contributed by atoms with Crippen molar-refractivity contribution in [3.05, 3.63) is 48.0 Å². The highest BCUT2D eigenvalue weighted by Gasteiger charge is 2.04. The number of esters is 1. The molecule has 0 N–H and O–H groups in total. The molecule has 2 nitrogen and oxygen atoms in total. The van der Waals surface area contributed by atoms with Gasteiger partial charge in [-0.25, -0.2) is 4.79 Å². The molecule has 0 heterocycles. The second kappa shape index (κ2) is 4.45. The van der Waals surface area contributed by atoms with Gasteiger partial charge in [-0.3, -0.25) is 0 Å². The molecule has 0 saturated carbocycles. The van der Waals surface area contributed by atoms with Crippen molar-refractivity contribution in [3.63, 3.8) is 0 Å². The van der Waals surface area contributed by atoms with Crippen molar-refractivity contribution < 1.29 is 9.53 Å². The van der Waals surface area contributed by atoms with Crippen molar-refractivity contribution in [2.24, 2.45) is 0 Å². The van der Waals surface area contributed by atoms with Crippen LogP contribution in [0.15, 0.2) is 30.8 Å². The molecule has 0 aliphatic rings. The molecule has 0 aromatic heterocycles. The number of carbonyl (C=O) groups is 1. The van der Waals surface area contributed by atoms with Gasteiger partial charge >= 0.3 is 5.97 Å². The second-order valence-electron chi connectivity index (χ2n) is 2.47. The summed E-state index contributed by atoms with van der Waals surface area (Å²) in [5.74, 6) is -0.293. The van der Waals surface area contributed by atoms with Crippen LogP contribution >= 0.6 is 0 Å². The van der Waals surface area contributed by atoms with Gasteiger partial charge in [0.05, 0.1) is 12.2 Å². The molecule has 1 radical (unpaired) electrons. The number of benzene rings is 1. The van der Waals surface area contributed by atoms with Crippen LogP contribution in [0.5, 0.6) is 0 Å². The van der Waals surface area contributed by atoms with Crippen LogP contribution < -0.4 is 0 Å². The van der Waals surface area contributed by atoms with E-state index in [1.807, 2.05) is 0 Å². The van der Waals surface area contributed by atoms with Crippen molar-refractivity contribution in [2.45, 2.75) is 6.92 Å². The maximum Gasteiger partial charge on any atom is 0.338 e. The fourth-order valence-electron chi connectivity index (χ4n) is 0.939. The Bertz CT molecular complexity index is 298. The smallest absolute Gasteiger partial charge is 0.338 e. The van der Waals surface area contributed by atoms with Crippen LogP contribution in [0.3, 0.4) is 0 Å². The summed E-state index contributed by atoms with van der Waals surface area (Å²) in [6, 6.07) is 6.95. The Morgan fingerprint density at radius 2 is 2.08 bits per heavy atom. The van der Waals surface area contributed by atoms with Crippen LogP contribution in [0, 0.1) is 6.08 Å². The van der Waals surface area contributed by atoms with E-state index < -0.39 is 0 Å². The van der Waals surface area contributed by atoms with E-state index in [2.05, 4.69) is 12.7 Å². The minimum absolute atomic E-state index is 0.293. The third kappa shape index (κ3) is 2.44. The molecule has 0 spiro atoms. The quantitative estimate of drug-likeness (QED) is 0.658. The SMILES string of the molecule is C=[C]c1ccc(C(=O)OCC)cc1. The van der Waals surface area contributed by atoms with Crippen LogP contribution in [-0.2, 0) is 4.74 Å². The fourth-order valence-corrected chi connectivity index (χ4v) is 0.939. The number of ether oxygens (including phenoxy) is 1. The molecule has 67 valence electrons. The number of hydrogen-bond donors (Lipinski definition) is 0. The summed E-state index contributed by atoms with van der Waals surface area (Å²) in [7, 11) is 0. The average Bonchev–Trinajstić information content (AvgIpc) is 2.18. The van der Waals surface area contributed by atoms with Crippen LogP contribution in [0.25, 0.3) is 0 Å². The van der Waals surface area contributed by atoms with Crippen LogP contribution in [0.2, 0.25) is 0 Å². The third-order valence-corrected chi connectivity index (χ3v) is 1.60. The van der Waals surface area contributed by atoms with E-state index in [9.17, 15) is 4.79 Å². The predicted molar refractivity (Wildman–Crippen MR) is 50.4 cm³/mol. The molecule has 1 aromatic carbocycles. The van der Waals surface area contributed by atoms with Crippen LogP contribution in [0.4, 0.5) is 0 Å². The second-order valence-corrected chi connectivity index (χ2v) is 2.47. The van der Waals surface area contributed by atoms with E-state index in [1.54, 1.807) is 31.2 Å². The summed E-state index contributed by atoms with van der Waals surface area (Å²) in [6.45, 7) is 5.68. The summed E-state index contributed by atoms with van der Waals surface area (Å²) in [6.07, 6.45) is 2.72. The Kier molecular flexibility index (Phi) is 3.26. The monoisotopic (exact) mass is 175 g/mol. The normalized spacial score (nSPS) is 9.31. The molecule has 0 atom stereocenters. The summed E-state index contributed by atoms with van der Waals surface area (Å²) in [5, 5.41) is 0. The number of hydrogen-bond acceptors (Lipinski definition) is 2. The van der Waals surface area contributed by atoms with Gasteiger partial charge in [0.15, 0.2) is 0 Å². The fraction of sp³-hybridized carbons (Fsp3) is 0.182. The van der Waals surface area contributed by atoms with Gasteiger partial charge in [0.1, 0.15) is 0 Å². The molecule has 0 fully saturated rings. The van der Waals surface area contributed by atoms with Crippen LogP contribution in [0.1, 0.15) is 22.8 Å². The maximum absolute atomic E-state index is 11.2. The van der Waals surface area contributed by atoms with Gasteiger partial charge in [-0.05, 0) is 30.7 Å². The van der Waals surface area contributed by atoms with Gasteiger partial charge in [-0.2, -0.15) is 0 Å². The molecule has 13 heavy (non-hydrogen) atoms. The number of carbonyl (C=O) groups excluding carboxylic acids is 1. The maximum atomic E-state index is 11.2. The molecule has 0 bridgehead atoms. The van der Waals surface area contributed by atoms with Gasteiger partial charge < -0.3 is 4.74 Å². The van der Waals surface area contributed by atoms with Crippen molar-refractivity contribution in [1.82, 2.24) is 0 Å². The molecule has 0 aliphatic heterocycles. The first-order valence-electron chi connectivity index (χ1n) is 4.08. The summed E-state index contributed by atoms with van der Waals surface area (Å²) >= 11 is 0. The molecule has 0 amide bonds. The first-order chi connectivity index (χ1) is 6.27. The first kappa shape index (κ1) is 9.52. The van der Waals surface area contributed by atoms with Crippen molar-refractivity contribution in [2.75, 3.05) is 6.61 Å². The lowest BCUT2D eigenvalue weighted by molar-refractivity contribution is 0.0526. The highest BCUT2D eigenvalue weighted by Crippen LogP contribution is 2.05. The Morgan fingerprint density at radius 1 is 1.46 bits per heavy atom. The minimum Gasteiger partial charge on any atom is -0.462 e. The van der Waals surface area contributed by atoms with Gasteiger partial charge in [0, 0.05) is 0 Å². The van der Waals surface area contributed by atoms with Gasteiger partial charge in [-0.1, -0.05) is 18.7 Å². The third-order valence-electron chi connectivity index (χ3n) is 1.60. The van der Waals surface area contributed by atoms with Crippen LogP contribution in [-0.4, -0.2) is 12.6 Å². The van der Waals surface area contributed by atoms with E-state index in [0.29, 0.717) is 12.2 Å². The zero-order valence-corrected chi connectivity index (χ0v) is 7.54. The highest BCUT2D eigenvalue weighted by molar-refractivity contribution is 5.89. The van der Waals surface area contributed by atoms with E-state index in [0.717, 1.165) is 5.56 Å². The average molecular weight is 175 g/mol. The highest BCUT2D eigenvalue weighted by atomic mass is 16.5. The molecule has 2 heteroatoms. The molecular weight excluding hydrogens is 164 g/mol. The predicted octanol–water partition coefficient (Wildman–Crippen LogP) is 2.20. The molecular formula is C11H11O2. The Labute approximate surface area is 77.8 Å². The molecule has 0 unspecified atom stereocenters. The van der Waals surface area contributed by atoms with Crippen molar-refractivity contribution in [1.29, 1.82) is 0 Å². The van der Waals surface area contributed by atoms with E-state index >= 15 is 0 Å². The molecule has 1 aromatic rings. The lowest BCUT2D eigenvalue weighted by atomic mass is 10.1. The minimum atomic E-state index is -0.293. The van der Waals surface area contributed by atoms with Gasteiger partial charge in [-0.15, -0.1) is 0 Å². The largest absolute Gasteiger partial charge is 0.462 e. The summed E-state index contributed by atoms with van der Waals surface area (Å²) in [4.78, 5) is 11.2. The zero-order chi connectivity index (χ0) is 9.68. The Morgan fingerprint density at radius 3 is 2.54 bits per heavy atom. The van der Waals surface area contributed by atoms with E-state index in [4.69, 9.17) is 4.74 Å². The standard InChI is InChI=1S/C11H11O2/c1-3-9-5-7-10(8-6-9)11(12)13-4-2/h5-8H,1,4H2,2H3. The molecule has 1 rings (SSSR count). The topological polar surface area (TPSA) is 26.3 Å². The van der Waals surface area contributed by atoms with E-state index in [1.165, 1.54) is 0 Å². The lowest BCUT2D eigenvalue weighted by Crippen LogP contribution is -2.03. The summed E-state index contributed by atoms with van der Waals surface area (Å²) < 4.78 is 4.83. The summed E-state index contributed by atoms with van der Waals surface area (Å²) in [5.41, 5.74) is 1.42. The van der Waals surface area contributed by atoms with E-state index in [-0.39, 0.29) is 5.97 Å². The van der Waals surface area contributed by atoms with Gasteiger partial charge in [0.25, 0.3) is 0 Å². The molecule has 0 aliphatic carbocycles. The Balaban J connectivity index is 2.79. The first-order valence-corrected chi connectivity index (χ1v) is 4.08.